The second-order valence-electron chi connectivity index (χ2n) is 13.4. The van der Waals surface area contributed by atoms with E-state index in [1.54, 1.807) is 0 Å². The van der Waals surface area contributed by atoms with Gasteiger partial charge in [-0.3, -0.25) is 0 Å². The minimum absolute atomic E-state index is 0.0393. The Kier molecular flexibility index (Phi) is 5.22. The van der Waals surface area contributed by atoms with E-state index in [4.69, 9.17) is 9.47 Å². The van der Waals surface area contributed by atoms with Crippen molar-refractivity contribution in [3.8, 4) is 0 Å². The highest BCUT2D eigenvalue weighted by molar-refractivity contribution is 5.71. The van der Waals surface area contributed by atoms with Crippen molar-refractivity contribution in [3.63, 3.8) is 0 Å². The summed E-state index contributed by atoms with van der Waals surface area (Å²) in [6.07, 6.45) is 7.83. The van der Waals surface area contributed by atoms with Crippen LogP contribution >= 0.6 is 0 Å². The van der Waals surface area contributed by atoms with Crippen LogP contribution in [-0.4, -0.2) is 56.5 Å². The van der Waals surface area contributed by atoms with Crippen LogP contribution in [0, 0.1) is 33.5 Å². The van der Waals surface area contributed by atoms with Gasteiger partial charge in [-0.15, -0.1) is 0 Å². The Morgan fingerprint density at radius 2 is 1.37 bits per heavy atom. The third kappa shape index (κ3) is 3.18. The van der Waals surface area contributed by atoms with E-state index in [0.29, 0.717) is 33.9 Å². The van der Waals surface area contributed by atoms with Crippen molar-refractivity contribution in [2.75, 3.05) is 33.8 Å². The Bertz CT molecular complexity index is 698. The van der Waals surface area contributed by atoms with Crippen molar-refractivity contribution in [2.24, 2.45) is 33.5 Å². The lowest BCUT2D eigenvalue weighted by Crippen LogP contribution is -2.49. The van der Waals surface area contributed by atoms with Crippen LogP contribution in [0.15, 0.2) is 0 Å². The highest BCUT2D eigenvalue weighted by Gasteiger charge is 2.63. The van der Waals surface area contributed by atoms with Gasteiger partial charge in [-0.25, -0.2) is 4.79 Å². The van der Waals surface area contributed by atoms with Crippen LogP contribution in [0.1, 0.15) is 80.1 Å². The summed E-state index contributed by atoms with van der Waals surface area (Å²) < 4.78 is 13.2. The highest BCUT2D eigenvalue weighted by atomic mass is 16.5. The molecule has 0 heterocycles. The monoisotopic (exact) mass is 420 g/mol. The van der Waals surface area contributed by atoms with E-state index in [2.05, 4.69) is 55.6 Å². The van der Waals surface area contributed by atoms with Gasteiger partial charge in [-0.05, 0) is 66.6 Å². The standard InChI is InChI=1S/C26H46NO3/c1-23(2)18-9-11-25(23,5)20(15-18)29-14-13-27(7,8)17-22(28)30-21-16-19-10-12-26(21,6)24(19,3)4/h18-21H,9-17H2,1-8H3/q+1/t18-,19+,20+,21-,25+,26-/m1/s1. The number of fused-ring (bicyclic) bond motifs is 4. The molecule has 4 saturated carbocycles. The number of carbonyl (C=O) groups excluding carboxylic acids is 1. The average molecular weight is 421 g/mol. The zero-order chi connectivity index (χ0) is 22.2. The number of esters is 1. The maximum atomic E-state index is 12.8. The molecule has 0 amide bonds. The number of hydrogen-bond acceptors (Lipinski definition) is 3. The molecule has 0 aliphatic heterocycles. The number of likely N-dealkylation sites (N-methyl/N-ethyl adjacent to an activating group) is 1. The molecule has 172 valence electrons. The first-order valence-electron chi connectivity index (χ1n) is 12.4. The Morgan fingerprint density at radius 3 is 1.80 bits per heavy atom. The van der Waals surface area contributed by atoms with Crippen molar-refractivity contribution >= 4 is 5.97 Å². The van der Waals surface area contributed by atoms with Crippen LogP contribution < -0.4 is 0 Å². The third-order valence-corrected chi connectivity index (χ3v) is 11.3. The van der Waals surface area contributed by atoms with Crippen molar-refractivity contribution in [1.82, 2.24) is 0 Å². The molecular formula is C26H46NO3+. The molecule has 0 radical (unpaired) electrons. The van der Waals surface area contributed by atoms with Gasteiger partial charge in [-0.1, -0.05) is 41.5 Å². The summed E-state index contributed by atoms with van der Waals surface area (Å²) in [5, 5.41) is 0. The lowest BCUT2D eigenvalue weighted by atomic mass is 9.70. The molecule has 4 nitrogen and oxygen atoms in total. The lowest BCUT2D eigenvalue weighted by molar-refractivity contribution is -0.883. The van der Waals surface area contributed by atoms with Gasteiger partial charge in [0.25, 0.3) is 0 Å². The molecule has 4 aliphatic rings. The number of rotatable bonds is 7. The Balaban J connectivity index is 1.26. The molecule has 30 heavy (non-hydrogen) atoms. The zero-order valence-corrected chi connectivity index (χ0v) is 20.8. The summed E-state index contributed by atoms with van der Waals surface area (Å²) in [5.41, 5.74) is 1.10. The van der Waals surface area contributed by atoms with Crippen molar-refractivity contribution in [1.29, 1.82) is 0 Å². The number of ether oxygens (including phenoxy) is 2. The lowest BCUT2D eigenvalue weighted by Gasteiger charge is -2.40. The minimum Gasteiger partial charge on any atom is -0.458 e. The maximum absolute atomic E-state index is 12.8. The van der Waals surface area contributed by atoms with E-state index in [0.717, 1.165) is 25.5 Å². The first kappa shape index (κ1) is 22.6. The average Bonchev–Trinajstić information content (AvgIpc) is 3.13. The van der Waals surface area contributed by atoms with Crippen molar-refractivity contribution in [3.05, 3.63) is 0 Å². The van der Waals surface area contributed by atoms with Gasteiger partial charge in [0, 0.05) is 5.41 Å². The number of nitrogens with zero attached hydrogens (tertiary/aromatic N) is 1. The molecule has 4 rings (SSSR count). The number of hydrogen-bond donors (Lipinski definition) is 0. The fraction of sp³-hybridized carbons (Fsp3) is 0.962. The summed E-state index contributed by atoms with van der Waals surface area (Å²) >= 11 is 0. The first-order chi connectivity index (χ1) is 13.7. The van der Waals surface area contributed by atoms with Gasteiger partial charge in [0.15, 0.2) is 6.54 Å². The molecule has 0 spiro atoms. The largest absolute Gasteiger partial charge is 0.458 e. The number of carbonyl (C=O) groups is 1. The number of quaternary nitrogens is 1. The fourth-order valence-electron chi connectivity index (χ4n) is 7.76. The smallest absolute Gasteiger partial charge is 0.362 e. The molecule has 4 aliphatic carbocycles. The molecule has 4 bridgehead atoms. The van der Waals surface area contributed by atoms with E-state index in [-0.39, 0.29) is 22.9 Å². The molecule has 0 aromatic carbocycles. The van der Waals surface area contributed by atoms with E-state index in [1.807, 2.05) is 0 Å². The van der Waals surface area contributed by atoms with E-state index >= 15 is 0 Å². The summed E-state index contributed by atoms with van der Waals surface area (Å²) in [4.78, 5) is 12.8. The van der Waals surface area contributed by atoms with E-state index in [9.17, 15) is 4.79 Å². The molecule has 0 unspecified atom stereocenters. The molecule has 6 atom stereocenters. The molecule has 4 heteroatoms. The summed E-state index contributed by atoms with van der Waals surface area (Å²) in [6.45, 7) is 16.4. The van der Waals surface area contributed by atoms with Crippen molar-refractivity contribution < 1.29 is 18.8 Å². The van der Waals surface area contributed by atoms with Gasteiger partial charge < -0.3 is 14.0 Å². The zero-order valence-electron chi connectivity index (χ0n) is 20.8. The molecule has 0 N–H and O–H groups in total. The normalized spacial score (nSPS) is 43.3. The van der Waals surface area contributed by atoms with Crippen LogP contribution in [-0.2, 0) is 14.3 Å². The molecule has 0 aromatic rings. The fourth-order valence-corrected chi connectivity index (χ4v) is 7.76. The predicted octanol–water partition coefficient (Wildman–Crippen LogP) is 5.05. The highest BCUT2D eigenvalue weighted by Crippen LogP contribution is 2.67. The third-order valence-electron chi connectivity index (χ3n) is 11.3. The van der Waals surface area contributed by atoms with Crippen LogP contribution in [0.5, 0.6) is 0 Å². The summed E-state index contributed by atoms with van der Waals surface area (Å²) in [6, 6.07) is 0. The van der Waals surface area contributed by atoms with Crippen LogP contribution in [0.25, 0.3) is 0 Å². The van der Waals surface area contributed by atoms with Gasteiger partial charge in [0.05, 0.1) is 26.8 Å². The second-order valence-corrected chi connectivity index (χ2v) is 13.4. The van der Waals surface area contributed by atoms with Gasteiger partial charge >= 0.3 is 5.97 Å². The maximum Gasteiger partial charge on any atom is 0.362 e. The van der Waals surface area contributed by atoms with Gasteiger partial charge in [0.2, 0.25) is 0 Å². The quantitative estimate of drug-likeness (QED) is 0.427. The summed E-state index contributed by atoms with van der Waals surface area (Å²) in [7, 11) is 4.26. The second kappa shape index (κ2) is 6.94. The Labute approximate surface area is 184 Å². The van der Waals surface area contributed by atoms with Crippen molar-refractivity contribution in [2.45, 2.75) is 92.3 Å². The molecule has 0 saturated heterocycles. The summed E-state index contributed by atoms with van der Waals surface area (Å²) in [5.74, 6) is 1.46. The van der Waals surface area contributed by atoms with Gasteiger partial charge in [-0.2, -0.15) is 0 Å². The SMILES string of the molecule is CC1(C)[C@@H]2CC[C@@]1(C)[C@@H](OCC[N+](C)(C)CC(=O)O[C@@H]1C[C@@H]3CC[C@@]1(C)C3(C)C)C2. The molecule has 0 aromatic heterocycles. The minimum atomic E-state index is -0.0393. The predicted molar refractivity (Wildman–Crippen MR) is 120 cm³/mol. The molecular weight excluding hydrogens is 374 g/mol. The van der Waals surface area contributed by atoms with E-state index in [1.165, 1.54) is 32.1 Å². The van der Waals surface area contributed by atoms with Crippen LogP contribution in [0.4, 0.5) is 0 Å². The Morgan fingerprint density at radius 1 is 0.867 bits per heavy atom. The van der Waals surface area contributed by atoms with Crippen LogP contribution in [0.3, 0.4) is 0 Å². The molecule has 4 fully saturated rings. The first-order valence-corrected chi connectivity index (χ1v) is 12.4. The van der Waals surface area contributed by atoms with Gasteiger partial charge in [0.1, 0.15) is 12.6 Å². The topological polar surface area (TPSA) is 35.5 Å². The van der Waals surface area contributed by atoms with Crippen LogP contribution in [0.2, 0.25) is 0 Å². The van der Waals surface area contributed by atoms with E-state index < -0.39 is 0 Å². The Hall–Kier alpha value is -0.610.